The summed E-state index contributed by atoms with van der Waals surface area (Å²) in [5, 5.41) is 6.03. The average Bonchev–Trinajstić information content (AvgIpc) is 3.47. The Labute approximate surface area is 162 Å². The van der Waals surface area contributed by atoms with E-state index in [1.54, 1.807) is 12.3 Å². The Morgan fingerprint density at radius 2 is 2.04 bits per heavy atom. The first-order valence-electron chi connectivity index (χ1n) is 10.1. The van der Waals surface area contributed by atoms with Crippen LogP contribution in [0.4, 0.5) is 5.82 Å². The molecule has 2 aliphatic rings. The van der Waals surface area contributed by atoms with E-state index in [2.05, 4.69) is 42.5 Å². The minimum absolute atomic E-state index is 0.00874. The van der Waals surface area contributed by atoms with Crippen molar-refractivity contribution in [3.8, 4) is 0 Å². The third-order valence-electron chi connectivity index (χ3n) is 5.91. The van der Waals surface area contributed by atoms with Crippen molar-refractivity contribution in [1.82, 2.24) is 10.3 Å². The molecule has 1 saturated carbocycles. The summed E-state index contributed by atoms with van der Waals surface area (Å²) in [6.45, 7) is 7.30. The van der Waals surface area contributed by atoms with E-state index >= 15 is 0 Å². The minimum Gasteiger partial charge on any atom is -0.355 e. The van der Waals surface area contributed by atoms with Crippen LogP contribution in [0.5, 0.6) is 0 Å². The summed E-state index contributed by atoms with van der Waals surface area (Å²) < 4.78 is 0. The highest BCUT2D eigenvalue weighted by Crippen LogP contribution is 2.39. The van der Waals surface area contributed by atoms with E-state index in [-0.39, 0.29) is 23.7 Å². The van der Waals surface area contributed by atoms with Gasteiger partial charge in [-0.2, -0.15) is 0 Å². The summed E-state index contributed by atoms with van der Waals surface area (Å²) in [4.78, 5) is 28.6. The Bertz CT molecular complexity index is 695. The molecule has 1 heterocycles. The summed E-state index contributed by atoms with van der Waals surface area (Å²) in [6, 6.07) is 5.50. The van der Waals surface area contributed by atoms with Gasteiger partial charge < -0.3 is 10.6 Å². The number of amides is 2. The lowest BCUT2D eigenvalue weighted by Crippen LogP contribution is -2.37. The van der Waals surface area contributed by atoms with Gasteiger partial charge in [-0.3, -0.25) is 9.59 Å². The lowest BCUT2D eigenvalue weighted by atomic mass is 9.69. The lowest BCUT2D eigenvalue weighted by Gasteiger charge is -2.37. The molecule has 3 rings (SSSR count). The number of hydrogen-bond acceptors (Lipinski definition) is 3. The van der Waals surface area contributed by atoms with E-state index in [9.17, 15) is 9.59 Å². The maximum absolute atomic E-state index is 12.4. The van der Waals surface area contributed by atoms with E-state index in [0.717, 1.165) is 19.3 Å². The molecule has 0 aliphatic heterocycles. The van der Waals surface area contributed by atoms with Gasteiger partial charge in [-0.25, -0.2) is 4.98 Å². The molecule has 1 aromatic heterocycles. The fourth-order valence-corrected chi connectivity index (χ4v) is 4.07. The predicted octanol–water partition coefficient (Wildman–Crippen LogP) is 3.79. The van der Waals surface area contributed by atoms with Crippen LogP contribution in [0.25, 0.3) is 0 Å². The van der Waals surface area contributed by atoms with Gasteiger partial charge >= 0.3 is 0 Å². The second kappa shape index (κ2) is 8.68. The highest BCUT2D eigenvalue weighted by molar-refractivity contribution is 5.90. The Morgan fingerprint density at radius 1 is 1.26 bits per heavy atom. The van der Waals surface area contributed by atoms with E-state index in [1.165, 1.54) is 5.57 Å². The number of pyridine rings is 1. The van der Waals surface area contributed by atoms with Gasteiger partial charge in [-0.05, 0) is 62.0 Å². The predicted molar refractivity (Wildman–Crippen MR) is 107 cm³/mol. The molecule has 2 amide bonds. The van der Waals surface area contributed by atoms with Gasteiger partial charge in [-0.1, -0.05) is 31.6 Å². The van der Waals surface area contributed by atoms with Crippen LogP contribution in [0.2, 0.25) is 0 Å². The topological polar surface area (TPSA) is 71.1 Å². The molecule has 0 radical (unpaired) electrons. The van der Waals surface area contributed by atoms with E-state index in [0.29, 0.717) is 36.5 Å². The first kappa shape index (κ1) is 19.6. The number of nitrogens with one attached hydrogen (secondary N) is 2. The summed E-state index contributed by atoms with van der Waals surface area (Å²) >= 11 is 0. The monoisotopic (exact) mass is 369 g/mol. The van der Waals surface area contributed by atoms with E-state index < -0.39 is 0 Å². The van der Waals surface area contributed by atoms with Crippen LogP contribution in [0.15, 0.2) is 36.0 Å². The molecular formula is C22H31N3O2. The number of rotatable bonds is 7. The van der Waals surface area contributed by atoms with Crippen LogP contribution in [0, 0.1) is 29.6 Å². The molecule has 0 saturated heterocycles. The van der Waals surface area contributed by atoms with Crippen molar-refractivity contribution < 1.29 is 9.59 Å². The van der Waals surface area contributed by atoms with Crippen molar-refractivity contribution >= 4 is 17.6 Å². The molecule has 3 unspecified atom stereocenters. The SMILES string of the molecule is CC1=CC(CNC(=O)C2CC2)C(C(C)C)CC1CC(=O)Nc1ccccn1. The fraction of sp³-hybridized carbons (Fsp3) is 0.591. The highest BCUT2D eigenvalue weighted by Gasteiger charge is 2.34. The number of hydrogen-bond donors (Lipinski definition) is 2. The van der Waals surface area contributed by atoms with Crippen molar-refractivity contribution in [1.29, 1.82) is 0 Å². The van der Waals surface area contributed by atoms with Crippen LogP contribution in [0.3, 0.4) is 0 Å². The molecule has 0 spiro atoms. The number of anilines is 1. The maximum atomic E-state index is 12.4. The summed E-state index contributed by atoms with van der Waals surface area (Å²) in [5.41, 5.74) is 1.26. The molecule has 146 valence electrons. The quantitative estimate of drug-likeness (QED) is 0.718. The van der Waals surface area contributed by atoms with Crippen molar-refractivity contribution in [2.24, 2.45) is 29.6 Å². The van der Waals surface area contributed by atoms with E-state index in [1.807, 2.05) is 12.1 Å². The van der Waals surface area contributed by atoms with Gasteiger partial charge in [0, 0.05) is 25.1 Å². The van der Waals surface area contributed by atoms with Gasteiger partial charge in [0.2, 0.25) is 11.8 Å². The normalized spacial score (nSPS) is 25.0. The smallest absolute Gasteiger partial charge is 0.226 e. The van der Waals surface area contributed by atoms with Gasteiger partial charge in [0.25, 0.3) is 0 Å². The van der Waals surface area contributed by atoms with Crippen molar-refractivity contribution in [2.45, 2.75) is 46.5 Å². The molecule has 1 fully saturated rings. The maximum Gasteiger partial charge on any atom is 0.226 e. The summed E-state index contributed by atoms with van der Waals surface area (Å²) in [6.07, 6.45) is 7.50. The van der Waals surface area contributed by atoms with Gasteiger partial charge in [0.15, 0.2) is 0 Å². The fourth-order valence-electron chi connectivity index (χ4n) is 4.07. The van der Waals surface area contributed by atoms with Crippen molar-refractivity contribution in [2.75, 3.05) is 11.9 Å². The number of allylic oxidation sites excluding steroid dienone is 1. The summed E-state index contributed by atoms with van der Waals surface area (Å²) in [5.74, 6) is 2.65. The molecule has 2 aliphatic carbocycles. The number of nitrogens with zero attached hydrogens (tertiary/aromatic N) is 1. The average molecular weight is 370 g/mol. The third-order valence-corrected chi connectivity index (χ3v) is 5.91. The largest absolute Gasteiger partial charge is 0.355 e. The van der Waals surface area contributed by atoms with Crippen LogP contribution in [-0.2, 0) is 9.59 Å². The van der Waals surface area contributed by atoms with Crippen molar-refractivity contribution in [3.63, 3.8) is 0 Å². The van der Waals surface area contributed by atoms with Gasteiger partial charge in [-0.15, -0.1) is 0 Å². The third kappa shape index (κ3) is 5.41. The first-order chi connectivity index (χ1) is 12.9. The van der Waals surface area contributed by atoms with Gasteiger partial charge in [0.05, 0.1) is 0 Å². The van der Waals surface area contributed by atoms with Crippen LogP contribution in [0.1, 0.15) is 46.5 Å². The second-order valence-electron chi connectivity index (χ2n) is 8.40. The second-order valence-corrected chi connectivity index (χ2v) is 8.40. The first-order valence-corrected chi connectivity index (χ1v) is 10.1. The molecule has 27 heavy (non-hydrogen) atoms. The molecular weight excluding hydrogens is 338 g/mol. The highest BCUT2D eigenvalue weighted by atomic mass is 16.2. The Hall–Kier alpha value is -2.17. The zero-order valence-corrected chi connectivity index (χ0v) is 16.6. The standard InChI is InChI=1S/C22H31N3O2/c1-14(2)19-11-17(12-21(26)25-20-6-4-5-9-23-20)15(3)10-18(19)13-24-22(27)16-7-8-16/h4-6,9-10,14,16-19H,7-8,11-13H2,1-3H3,(H,24,27)(H,23,25,26). The Morgan fingerprint density at radius 3 is 2.67 bits per heavy atom. The molecule has 0 bridgehead atoms. The lowest BCUT2D eigenvalue weighted by molar-refractivity contribution is -0.122. The number of carbonyl (C=O) groups is 2. The number of aromatic nitrogens is 1. The minimum atomic E-state index is 0.00874. The molecule has 1 aromatic rings. The Balaban J connectivity index is 1.60. The Kier molecular flexibility index (Phi) is 6.30. The molecule has 2 N–H and O–H groups in total. The zero-order chi connectivity index (χ0) is 19.4. The van der Waals surface area contributed by atoms with E-state index in [4.69, 9.17) is 0 Å². The van der Waals surface area contributed by atoms with Crippen LogP contribution >= 0.6 is 0 Å². The summed E-state index contributed by atoms with van der Waals surface area (Å²) in [7, 11) is 0. The molecule has 5 nitrogen and oxygen atoms in total. The molecule has 0 aromatic carbocycles. The molecule has 3 atom stereocenters. The zero-order valence-electron chi connectivity index (χ0n) is 16.6. The van der Waals surface area contributed by atoms with Crippen molar-refractivity contribution in [3.05, 3.63) is 36.0 Å². The van der Waals surface area contributed by atoms with Gasteiger partial charge in [0.1, 0.15) is 5.82 Å². The van der Waals surface area contributed by atoms with Crippen LogP contribution < -0.4 is 10.6 Å². The van der Waals surface area contributed by atoms with Crippen LogP contribution in [-0.4, -0.2) is 23.3 Å². The number of carbonyl (C=O) groups excluding carboxylic acids is 2. The molecule has 5 heteroatoms.